The number of nitrogens with zero attached hydrogens (tertiary/aromatic N) is 4. The second-order valence-corrected chi connectivity index (χ2v) is 7.25. The maximum absolute atomic E-state index is 5.91. The van der Waals surface area contributed by atoms with E-state index in [-0.39, 0.29) is 5.89 Å². The molecule has 32 heavy (non-hydrogen) atoms. The van der Waals surface area contributed by atoms with Gasteiger partial charge in [0.2, 0.25) is 11.7 Å². The summed E-state index contributed by atoms with van der Waals surface area (Å²) in [5.41, 5.74) is 3.59. The zero-order valence-electron chi connectivity index (χ0n) is 17.7. The summed E-state index contributed by atoms with van der Waals surface area (Å²) in [4.78, 5) is 9.36. The monoisotopic (exact) mass is 423 g/mol. The van der Waals surface area contributed by atoms with Gasteiger partial charge in [0.25, 0.3) is 5.89 Å². The molecular formula is C25H21N5O2. The number of ether oxygens (including phenoxy) is 1. The van der Waals surface area contributed by atoms with Crippen molar-refractivity contribution in [2.75, 3.05) is 11.9 Å². The van der Waals surface area contributed by atoms with Crippen molar-refractivity contribution in [1.82, 2.24) is 20.2 Å². The van der Waals surface area contributed by atoms with E-state index in [0.717, 1.165) is 33.5 Å². The molecule has 0 atom stereocenters. The third kappa shape index (κ3) is 3.88. The SMILES string of the molecule is CCOc1ccccc1Nc1nc(-c2nnc(-c3ccc(C)cc3)o2)nc2ccccc12. The van der Waals surface area contributed by atoms with Crippen LogP contribution in [-0.2, 0) is 0 Å². The highest BCUT2D eigenvalue weighted by Gasteiger charge is 2.17. The predicted octanol–water partition coefficient (Wildman–Crippen LogP) is 5.80. The van der Waals surface area contributed by atoms with Crippen LogP contribution in [0.25, 0.3) is 34.1 Å². The third-order valence-corrected chi connectivity index (χ3v) is 4.96. The Hall–Kier alpha value is -4.26. The molecule has 1 N–H and O–H groups in total. The lowest BCUT2D eigenvalue weighted by Crippen LogP contribution is -2.02. The van der Waals surface area contributed by atoms with Gasteiger partial charge in [-0.25, -0.2) is 9.97 Å². The van der Waals surface area contributed by atoms with Gasteiger partial charge in [-0.1, -0.05) is 42.0 Å². The topological polar surface area (TPSA) is 86.0 Å². The molecule has 3 aromatic carbocycles. The zero-order chi connectivity index (χ0) is 21.9. The van der Waals surface area contributed by atoms with Crippen molar-refractivity contribution in [3.8, 4) is 28.9 Å². The average molecular weight is 423 g/mol. The second kappa shape index (κ2) is 8.47. The van der Waals surface area contributed by atoms with Crippen molar-refractivity contribution in [2.24, 2.45) is 0 Å². The fraction of sp³-hybridized carbons (Fsp3) is 0.120. The number of anilines is 2. The first kappa shape index (κ1) is 19.7. The van der Waals surface area contributed by atoms with E-state index in [0.29, 0.717) is 24.1 Å². The standard InChI is InChI=1S/C25H21N5O2/c1-3-31-21-11-7-6-10-20(21)27-22-18-8-4-5-9-19(18)26-23(28-22)25-30-29-24(32-25)17-14-12-16(2)13-15-17/h4-15H,3H2,1-2H3,(H,26,27,28). The Bertz CT molecular complexity index is 1380. The Balaban J connectivity index is 1.57. The maximum atomic E-state index is 5.91. The lowest BCUT2D eigenvalue weighted by molar-refractivity contribution is 0.342. The van der Waals surface area contributed by atoms with Crippen molar-refractivity contribution in [1.29, 1.82) is 0 Å². The number of fused-ring (bicyclic) bond motifs is 1. The molecule has 2 aromatic heterocycles. The number of nitrogens with one attached hydrogen (secondary N) is 1. The van der Waals surface area contributed by atoms with Crippen LogP contribution in [0.3, 0.4) is 0 Å². The largest absolute Gasteiger partial charge is 0.492 e. The predicted molar refractivity (Wildman–Crippen MR) is 124 cm³/mol. The summed E-state index contributed by atoms with van der Waals surface area (Å²) in [5.74, 6) is 2.41. The summed E-state index contributed by atoms with van der Waals surface area (Å²) >= 11 is 0. The minimum Gasteiger partial charge on any atom is -0.492 e. The molecule has 0 saturated carbocycles. The summed E-state index contributed by atoms with van der Waals surface area (Å²) in [6.07, 6.45) is 0. The fourth-order valence-corrected chi connectivity index (χ4v) is 3.37. The number of benzene rings is 3. The van der Waals surface area contributed by atoms with Crippen LogP contribution in [-0.4, -0.2) is 26.8 Å². The Morgan fingerprint density at radius 3 is 2.44 bits per heavy atom. The molecule has 0 aliphatic carbocycles. The van der Waals surface area contributed by atoms with Gasteiger partial charge in [0, 0.05) is 10.9 Å². The van der Waals surface area contributed by atoms with Gasteiger partial charge in [0.15, 0.2) is 0 Å². The Morgan fingerprint density at radius 1 is 0.844 bits per heavy atom. The Morgan fingerprint density at radius 2 is 1.59 bits per heavy atom. The Labute approximate surface area is 185 Å². The van der Waals surface area contributed by atoms with Gasteiger partial charge in [-0.2, -0.15) is 0 Å². The molecule has 5 rings (SSSR count). The van der Waals surface area contributed by atoms with Gasteiger partial charge in [-0.05, 0) is 50.2 Å². The summed E-state index contributed by atoms with van der Waals surface area (Å²) < 4.78 is 11.7. The smallest absolute Gasteiger partial charge is 0.286 e. The van der Waals surface area contributed by atoms with Crippen LogP contribution in [0, 0.1) is 6.92 Å². The molecule has 0 aliphatic rings. The summed E-state index contributed by atoms with van der Waals surface area (Å²) in [5, 5.41) is 12.6. The summed E-state index contributed by atoms with van der Waals surface area (Å²) in [7, 11) is 0. The van der Waals surface area contributed by atoms with Crippen LogP contribution < -0.4 is 10.1 Å². The lowest BCUT2D eigenvalue weighted by atomic mass is 10.1. The molecule has 0 radical (unpaired) electrons. The Kier molecular flexibility index (Phi) is 5.21. The molecule has 0 saturated heterocycles. The number of hydrogen-bond acceptors (Lipinski definition) is 7. The van der Waals surface area contributed by atoms with Crippen molar-refractivity contribution in [2.45, 2.75) is 13.8 Å². The van der Waals surface area contributed by atoms with E-state index >= 15 is 0 Å². The van der Waals surface area contributed by atoms with Crippen LogP contribution in [0.15, 0.2) is 77.2 Å². The summed E-state index contributed by atoms with van der Waals surface area (Å²) in [6.45, 7) is 4.55. The van der Waals surface area contributed by atoms with Crippen LogP contribution >= 0.6 is 0 Å². The summed E-state index contributed by atoms with van der Waals surface area (Å²) in [6, 6.07) is 23.4. The highest BCUT2D eigenvalue weighted by atomic mass is 16.5. The molecule has 0 fully saturated rings. The highest BCUT2D eigenvalue weighted by Crippen LogP contribution is 2.32. The van der Waals surface area contributed by atoms with Crippen molar-refractivity contribution in [3.63, 3.8) is 0 Å². The molecule has 5 aromatic rings. The van der Waals surface area contributed by atoms with E-state index in [1.165, 1.54) is 0 Å². The van der Waals surface area contributed by atoms with E-state index in [1.54, 1.807) is 0 Å². The molecule has 158 valence electrons. The number of aryl methyl sites for hydroxylation is 1. The van der Waals surface area contributed by atoms with E-state index in [9.17, 15) is 0 Å². The first-order valence-electron chi connectivity index (χ1n) is 10.4. The maximum Gasteiger partial charge on any atom is 0.286 e. The molecule has 0 unspecified atom stereocenters. The van der Waals surface area contributed by atoms with Gasteiger partial charge < -0.3 is 14.5 Å². The minimum absolute atomic E-state index is 0.257. The average Bonchev–Trinajstić information content (AvgIpc) is 3.31. The van der Waals surface area contributed by atoms with Crippen LogP contribution in [0.2, 0.25) is 0 Å². The van der Waals surface area contributed by atoms with E-state index in [4.69, 9.17) is 14.1 Å². The molecule has 2 heterocycles. The first-order valence-corrected chi connectivity index (χ1v) is 10.4. The lowest BCUT2D eigenvalue weighted by Gasteiger charge is -2.13. The molecule has 0 spiro atoms. The van der Waals surface area contributed by atoms with Gasteiger partial charge in [-0.3, -0.25) is 0 Å². The number of rotatable bonds is 6. The number of hydrogen-bond donors (Lipinski definition) is 1. The van der Waals surface area contributed by atoms with E-state index in [1.807, 2.05) is 86.6 Å². The fourth-order valence-electron chi connectivity index (χ4n) is 3.37. The molecule has 0 aliphatic heterocycles. The van der Waals surface area contributed by atoms with Gasteiger partial charge in [-0.15, -0.1) is 10.2 Å². The van der Waals surface area contributed by atoms with Gasteiger partial charge in [0.05, 0.1) is 17.8 Å². The van der Waals surface area contributed by atoms with Crippen LogP contribution in [0.5, 0.6) is 5.75 Å². The number of aromatic nitrogens is 4. The number of para-hydroxylation sites is 3. The molecule has 0 bridgehead atoms. The van der Waals surface area contributed by atoms with Crippen LogP contribution in [0.1, 0.15) is 12.5 Å². The first-order chi connectivity index (χ1) is 15.7. The van der Waals surface area contributed by atoms with E-state index < -0.39 is 0 Å². The van der Waals surface area contributed by atoms with Gasteiger partial charge >= 0.3 is 0 Å². The quantitative estimate of drug-likeness (QED) is 0.369. The van der Waals surface area contributed by atoms with Gasteiger partial charge in [0.1, 0.15) is 11.6 Å². The molecule has 7 nitrogen and oxygen atoms in total. The molecule has 7 heteroatoms. The van der Waals surface area contributed by atoms with Crippen LogP contribution in [0.4, 0.5) is 11.5 Å². The van der Waals surface area contributed by atoms with Crippen molar-refractivity contribution < 1.29 is 9.15 Å². The minimum atomic E-state index is 0.257. The molecule has 0 amide bonds. The molecular weight excluding hydrogens is 402 g/mol. The van der Waals surface area contributed by atoms with Crippen molar-refractivity contribution in [3.05, 3.63) is 78.4 Å². The normalized spacial score (nSPS) is 10.9. The van der Waals surface area contributed by atoms with Crippen molar-refractivity contribution >= 4 is 22.4 Å². The van der Waals surface area contributed by atoms with E-state index in [2.05, 4.69) is 20.5 Å². The third-order valence-electron chi connectivity index (χ3n) is 4.96. The second-order valence-electron chi connectivity index (χ2n) is 7.25. The highest BCUT2D eigenvalue weighted by molar-refractivity contribution is 5.92. The zero-order valence-corrected chi connectivity index (χ0v) is 17.7.